The summed E-state index contributed by atoms with van der Waals surface area (Å²) >= 11 is 0. The van der Waals surface area contributed by atoms with Crippen molar-refractivity contribution >= 4 is 0 Å². The first-order valence-corrected chi connectivity index (χ1v) is 9.86. The lowest BCUT2D eigenvalue weighted by Crippen LogP contribution is -2.50. The minimum absolute atomic E-state index is 0.547. The van der Waals surface area contributed by atoms with E-state index in [2.05, 4.69) is 84.9 Å². The molecule has 0 aliphatic carbocycles. The molecule has 0 saturated carbocycles. The Balaban J connectivity index is 1.75. The van der Waals surface area contributed by atoms with Gasteiger partial charge in [-0.25, -0.2) is 0 Å². The molecule has 2 heteroatoms. The molecule has 0 unspecified atom stereocenters. The second kappa shape index (κ2) is 6.63. The van der Waals surface area contributed by atoms with E-state index in [-0.39, 0.29) is 0 Å². The summed E-state index contributed by atoms with van der Waals surface area (Å²) in [6.07, 6.45) is 3.92. The van der Waals surface area contributed by atoms with Crippen molar-refractivity contribution < 1.29 is 9.47 Å². The molecule has 27 heavy (non-hydrogen) atoms. The van der Waals surface area contributed by atoms with E-state index in [1.54, 1.807) is 0 Å². The predicted molar refractivity (Wildman–Crippen MR) is 106 cm³/mol. The summed E-state index contributed by atoms with van der Waals surface area (Å²) in [6, 6.07) is 29.9. The summed E-state index contributed by atoms with van der Waals surface area (Å²) in [7, 11) is 0. The van der Waals surface area contributed by atoms with Crippen molar-refractivity contribution in [2.24, 2.45) is 0 Å². The molecule has 0 radical (unpaired) electrons. The highest BCUT2D eigenvalue weighted by Crippen LogP contribution is 2.52. The largest absolute Gasteiger partial charge is 0.346 e. The van der Waals surface area contributed by atoms with Gasteiger partial charge in [0.15, 0.2) is 5.79 Å². The molecule has 5 rings (SSSR count). The van der Waals surface area contributed by atoms with E-state index in [1.807, 2.05) is 0 Å². The Bertz CT molecular complexity index is 872. The zero-order chi connectivity index (χ0) is 18.2. The van der Waals surface area contributed by atoms with Crippen LogP contribution >= 0.6 is 0 Å². The Morgan fingerprint density at radius 1 is 0.667 bits per heavy atom. The van der Waals surface area contributed by atoms with E-state index in [1.165, 1.54) is 22.3 Å². The van der Waals surface area contributed by atoms with E-state index in [0.717, 1.165) is 32.3 Å². The Kier molecular flexibility index (Phi) is 4.11. The van der Waals surface area contributed by atoms with Gasteiger partial charge in [-0.05, 0) is 29.5 Å². The third-order valence-electron chi connectivity index (χ3n) is 5.92. The summed E-state index contributed by atoms with van der Waals surface area (Å²) in [5.74, 6) is -0.668. The molecule has 136 valence electrons. The molecule has 1 saturated heterocycles. The summed E-state index contributed by atoms with van der Waals surface area (Å²) in [4.78, 5) is 0. The van der Waals surface area contributed by atoms with Gasteiger partial charge >= 0.3 is 0 Å². The van der Waals surface area contributed by atoms with Crippen LogP contribution in [0.3, 0.4) is 0 Å². The molecular formula is C25H24O2. The van der Waals surface area contributed by atoms with E-state index >= 15 is 0 Å². The van der Waals surface area contributed by atoms with Crippen LogP contribution in [0.15, 0.2) is 84.9 Å². The normalized spacial score (nSPS) is 23.7. The van der Waals surface area contributed by atoms with Gasteiger partial charge in [-0.3, -0.25) is 0 Å². The predicted octanol–water partition coefficient (Wildman–Crippen LogP) is 5.56. The van der Waals surface area contributed by atoms with E-state index in [9.17, 15) is 0 Å². The lowest BCUT2D eigenvalue weighted by Gasteiger charge is -2.50. The van der Waals surface area contributed by atoms with Gasteiger partial charge in [0.1, 0.15) is 5.60 Å². The van der Waals surface area contributed by atoms with Crippen LogP contribution in [0.4, 0.5) is 0 Å². The van der Waals surface area contributed by atoms with Crippen molar-refractivity contribution in [1.29, 1.82) is 0 Å². The second-order valence-electron chi connectivity index (χ2n) is 7.55. The highest BCUT2D eigenvalue weighted by atomic mass is 16.7. The minimum Gasteiger partial charge on any atom is -0.346 e. The van der Waals surface area contributed by atoms with Gasteiger partial charge < -0.3 is 9.47 Å². The van der Waals surface area contributed by atoms with E-state index < -0.39 is 11.4 Å². The van der Waals surface area contributed by atoms with Gasteiger partial charge in [0.05, 0.1) is 6.61 Å². The molecule has 0 N–H and O–H groups in total. The fourth-order valence-electron chi connectivity index (χ4n) is 4.65. The molecule has 2 aliphatic rings. The first kappa shape index (κ1) is 16.7. The van der Waals surface area contributed by atoms with Crippen LogP contribution in [-0.4, -0.2) is 6.61 Å². The molecular weight excluding hydrogens is 332 g/mol. The SMILES string of the molecule is c1ccc(C2(c3ccccc3)Cc3ccccc3[C@@]3(CCCCO3)O2)cc1. The van der Waals surface area contributed by atoms with Gasteiger partial charge in [0.2, 0.25) is 0 Å². The highest BCUT2D eigenvalue weighted by molar-refractivity contribution is 5.44. The first-order valence-electron chi connectivity index (χ1n) is 9.86. The number of rotatable bonds is 2. The molecule has 1 atom stereocenters. The first-order chi connectivity index (χ1) is 13.3. The quantitative estimate of drug-likeness (QED) is 0.599. The number of benzene rings is 3. The highest BCUT2D eigenvalue weighted by Gasteiger charge is 2.51. The van der Waals surface area contributed by atoms with Gasteiger partial charge in [-0.2, -0.15) is 0 Å². The summed E-state index contributed by atoms with van der Waals surface area (Å²) < 4.78 is 13.5. The zero-order valence-electron chi connectivity index (χ0n) is 15.4. The molecule has 0 amide bonds. The fraction of sp³-hybridized carbons (Fsp3) is 0.280. The van der Waals surface area contributed by atoms with Crippen molar-refractivity contribution in [2.45, 2.75) is 37.1 Å². The van der Waals surface area contributed by atoms with Gasteiger partial charge in [0, 0.05) is 18.4 Å². The lowest BCUT2D eigenvalue weighted by atomic mass is 9.75. The van der Waals surface area contributed by atoms with Crippen LogP contribution in [-0.2, 0) is 27.3 Å². The van der Waals surface area contributed by atoms with E-state index in [4.69, 9.17) is 9.47 Å². The monoisotopic (exact) mass is 356 g/mol. The van der Waals surface area contributed by atoms with Gasteiger partial charge in [-0.15, -0.1) is 0 Å². The van der Waals surface area contributed by atoms with Gasteiger partial charge in [0.25, 0.3) is 0 Å². The smallest absolute Gasteiger partial charge is 0.196 e. The Hall–Kier alpha value is -2.42. The molecule has 0 aromatic heterocycles. The van der Waals surface area contributed by atoms with Crippen molar-refractivity contribution in [3.8, 4) is 0 Å². The zero-order valence-corrected chi connectivity index (χ0v) is 15.4. The number of hydrogen-bond acceptors (Lipinski definition) is 2. The molecule has 1 spiro atoms. The van der Waals surface area contributed by atoms with Crippen LogP contribution in [0, 0.1) is 0 Å². The number of ether oxygens (including phenoxy) is 2. The van der Waals surface area contributed by atoms with Crippen LogP contribution in [0.25, 0.3) is 0 Å². The van der Waals surface area contributed by atoms with E-state index in [0.29, 0.717) is 0 Å². The second-order valence-corrected chi connectivity index (χ2v) is 7.55. The molecule has 2 heterocycles. The molecule has 3 aromatic carbocycles. The summed E-state index contributed by atoms with van der Waals surface area (Å²) in [5.41, 5.74) is 4.33. The van der Waals surface area contributed by atoms with Crippen LogP contribution < -0.4 is 0 Å². The molecule has 2 aliphatic heterocycles. The van der Waals surface area contributed by atoms with Crippen molar-refractivity contribution in [3.05, 3.63) is 107 Å². The van der Waals surface area contributed by atoms with Crippen LogP contribution in [0.2, 0.25) is 0 Å². The minimum atomic E-state index is -0.668. The molecule has 0 bridgehead atoms. The summed E-state index contributed by atoms with van der Waals surface area (Å²) in [6.45, 7) is 0.744. The van der Waals surface area contributed by atoms with Crippen LogP contribution in [0.1, 0.15) is 41.5 Å². The van der Waals surface area contributed by atoms with Crippen molar-refractivity contribution in [3.63, 3.8) is 0 Å². The Morgan fingerprint density at radius 2 is 1.30 bits per heavy atom. The average molecular weight is 356 g/mol. The van der Waals surface area contributed by atoms with Gasteiger partial charge in [-0.1, -0.05) is 84.9 Å². The van der Waals surface area contributed by atoms with Crippen molar-refractivity contribution in [2.75, 3.05) is 6.61 Å². The van der Waals surface area contributed by atoms with Crippen LogP contribution in [0.5, 0.6) is 0 Å². The molecule has 3 aromatic rings. The van der Waals surface area contributed by atoms with Crippen molar-refractivity contribution in [1.82, 2.24) is 0 Å². The maximum Gasteiger partial charge on any atom is 0.196 e. The molecule has 1 fully saturated rings. The molecule has 2 nitrogen and oxygen atoms in total. The Labute approximate surface area is 160 Å². The average Bonchev–Trinajstić information content (AvgIpc) is 2.75. The number of fused-ring (bicyclic) bond motifs is 2. The topological polar surface area (TPSA) is 18.5 Å². The third kappa shape index (κ3) is 2.72. The number of hydrogen-bond donors (Lipinski definition) is 0. The fourth-order valence-corrected chi connectivity index (χ4v) is 4.65. The standard InChI is InChI=1S/C25H24O2/c1-3-12-21(13-4-1)24(22-14-5-2-6-15-22)19-20-11-7-8-16-23(20)25(27-24)17-9-10-18-26-25/h1-8,11-16H,9-10,17-19H2/t25-/m1/s1. The Morgan fingerprint density at radius 3 is 1.93 bits per heavy atom. The maximum absolute atomic E-state index is 7.08. The maximum atomic E-state index is 7.08. The summed E-state index contributed by atoms with van der Waals surface area (Å²) in [5, 5.41) is 0. The third-order valence-corrected chi connectivity index (χ3v) is 5.92. The lowest BCUT2D eigenvalue weighted by molar-refractivity contribution is -0.316.